The lowest BCUT2D eigenvalue weighted by molar-refractivity contribution is -0.164. The maximum absolute atomic E-state index is 12.4. The summed E-state index contributed by atoms with van der Waals surface area (Å²) in [6.45, 7) is 8.19. The Labute approximate surface area is 138 Å². The third-order valence-corrected chi connectivity index (χ3v) is 6.47. The smallest absolute Gasteiger partial charge is 0.317 e. The van der Waals surface area contributed by atoms with Crippen LogP contribution in [0.25, 0.3) is 0 Å². The van der Waals surface area contributed by atoms with Crippen LogP contribution in [-0.4, -0.2) is 16.9 Å². The molecule has 23 heavy (non-hydrogen) atoms. The van der Waals surface area contributed by atoms with Crippen LogP contribution in [0.5, 0.6) is 0 Å². The third-order valence-electron chi connectivity index (χ3n) is 6.47. The first-order chi connectivity index (χ1) is 10.7. The lowest BCUT2D eigenvalue weighted by Crippen LogP contribution is -2.56. The fourth-order valence-corrected chi connectivity index (χ4v) is 4.87. The predicted octanol–water partition coefficient (Wildman–Crippen LogP) is 4.08. The van der Waals surface area contributed by atoms with Gasteiger partial charge in [-0.2, -0.15) is 0 Å². The highest BCUT2D eigenvalue weighted by molar-refractivity contribution is 6.04. The number of ketones is 1. The number of benzene rings is 1. The molecule has 2 aliphatic rings. The standard InChI is InChI=1S/C20H26O3/c1-12(2)13-5-7-15-14(11-13)6-8-16-19(15,3)10-9-17(21)20(16,4)18(22)23/h5,7,11-12,16H,6,8-10H2,1-4H3,(H,22,23). The van der Waals surface area contributed by atoms with Crippen molar-refractivity contribution in [2.24, 2.45) is 11.3 Å². The van der Waals surface area contributed by atoms with E-state index in [4.69, 9.17) is 0 Å². The Kier molecular flexibility index (Phi) is 3.66. The quantitative estimate of drug-likeness (QED) is 0.837. The molecule has 3 unspecified atom stereocenters. The van der Waals surface area contributed by atoms with Crippen molar-refractivity contribution in [3.63, 3.8) is 0 Å². The van der Waals surface area contributed by atoms with Crippen molar-refractivity contribution in [3.05, 3.63) is 34.9 Å². The fraction of sp³-hybridized carbons (Fsp3) is 0.600. The third kappa shape index (κ3) is 2.16. The topological polar surface area (TPSA) is 54.4 Å². The predicted molar refractivity (Wildman–Crippen MR) is 89.7 cm³/mol. The molecule has 3 atom stereocenters. The number of aliphatic carboxylic acids is 1. The average molecular weight is 314 g/mol. The van der Waals surface area contributed by atoms with Gasteiger partial charge in [-0.15, -0.1) is 0 Å². The SMILES string of the molecule is CC(C)c1ccc2c(c1)CCC1C(C)(C(=O)O)C(=O)CCC21C. The zero-order chi connectivity index (χ0) is 17.0. The van der Waals surface area contributed by atoms with E-state index in [1.165, 1.54) is 16.7 Å². The van der Waals surface area contributed by atoms with Crippen molar-refractivity contribution in [2.75, 3.05) is 0 Å². The molecule has 1 saturated carbocycles. The summed E-state index contributed by atoms with van der Waals surface area (Å²) in [5.74, 6) is -0.690. The number of carboxylic acid groups (broad SMARTS) is 1. The van der Waals surface area contributed by atoms with Gasteiger partial charge in [0.15, 0.2) is 0 Å². The molecule has 3 nitrogen and oxygen atoms in total. The number of fused-ring (bicyclic) bond motifs is 3. The van der Waals surface area contributed by atoms with Gasteiger partial charge >= 0.3 is 5.97 Å². The van der Waals surface area contributed by atoms with E-state index in [0.29, 0.717) is 12.3 Å². The van der Waals surface area contributed by atoms with Crippen molar-refractivity contribution >= 4 is 11.8 Å². The molecular formula is C20H26O3. The summed E-state index contributed by atoms with van der Waals surface area (Å²) in [5.41, 5.74) is 2.47. The molecule has 3 rings (SSSR count). The van der Waals surface area contributed by atoms with Gasteiger partial charge in [-0.05, 0) is 60.1 Å². The largest absolute Gasteiger partial charge is 0.480 e. The van der Waals surface area contributed by atoms with Gasteiger partial charge in [0, 0.05) is 6.42 Å². The second kappa shape index (κ2) is 5.19. The van der Waals surface area contributed by atoms with E-state index in [1.807, 2.05) is 0 Å². The lowest BCUT2D eigenvalue weighted by Gasteiger charge is -2.52. The summed E-state index contributed by atoms with van der Waals surface area (Å²) in [6, 6.07) is 6.65. The van der Waals surface area contributed by atoms with E-state index in [1.54, 1.807) is 6.92 Å². The number of carbonyl (C=O) groups excluding carboxylic acids is 1. The first kappa shape index (κ1) is 16.2. The van der Waals surface area contributed by atoms with Crippen molar-refractivity contribution in [1.82, 2.24) is 0 Å². The molecule has 1 aromatic rings. The molecule has 0 heterocycles. The van der Waals surface area contributed by atoms with Gasteiger partial charge in [-0.3, -0.25) is 9.59 Å². The van der Waals surface area contributed by atoms with Crippen molar-refractivity contribution in [3.8, 4) is 0 Å². The molecule has 1 N–H and O–H groups in total. The number of carbonyl (C=O) groups is 2. The molecule has 124 valence electrons. The number of hydrogen-bond donors (Lipinski definition) is 1. The second-order valence-electron chi connectivity index (χ2n) is 8.01. The van der Waals surface area contributed by atoms with Gasteiger partial charge in [-0.1, -0.05) is 39.0 Å². The molecule has 0 amide bonds. The van der Waals surface area contributed by atoms with Crippen LogP contribution in [0, 0.1) is 11.3 Å². The molecular weight excluding hydrogens is 288 g/mol. The van der Waals surface area contributed by atoms with E-state index < -0.39 is 11.4 Å². The van der Waals surface area contributed by atoms with Crippen LogP contribution < -0.4 is 0 Å². The highest BCUT2D eigenvalue weighted by Crippen LogP contribution is 2.56. The lowest BCUT2D eigenvalue weighted by atomic mass is 9.49. The second-order valence-corrected chi connectivity index (χ2v) is 8.01. The molecule has 0 spiro atoms. The molecule has 0 bridgehead atoms. The Balaban J connectivity index is 2.11. The van der Waals surface area contributed by atoms with E-state index in [0.717, 1.165) is 19.3 Å². The van der Waals surface area contributed by atoms with Crippen molar-refractivity contribution < 1.29 is 14.7 Å². The number of rotatable bonds is 2. The minimum absolute atomic E-state index is 0.102. The molecule has 2 aliphatic carbocycles. The van der Waals surface area contributed by atoms with Crippen LogP contribution in [0.4, 0.5) is 0 Å². The maximum Gasteiger partial charge on any atom is 0.317 e. The molecule has 0 saturated heterocycles. The molecule has 1 fully saturated rings. The van der Waals surface area contributed by atoms with Gasteiger partial charge < -0.3 is 5.11 Å². The number of hydrogen-bond acceptors (Lipinski definition) is 2. The first-order valence-electron chi connectivity index (χ1n) is 8.61. The summed E-state index contributed by atoms with van der Waals surface area (Å²) in [6.07, 6.45) is 2.76. The monoisotopic (exact) mass is 314 g/mol. The van der Waals surface area contributed by atoms with Gasteiger partial charge in [0.25, 0.3) is 0 Å². The van der Waals surface area contributed by atoms with Gasteiger partial charge in [0.1, 0.15) is 11.2 Å². The van der Waals surface area contributed by atoms with Gasteiger partial charge in [-0.25, -0.2) is 0 Å². The molecule has 3 heteroatoms. The van der Waals surface area contributed by atoms with Crippen LogP contribution in [-0.2, 0) is 21.4 Å². The Hall–Kier alpha value is -1.64. The van der Waals surface area contributed by atoms with Crippen LogP contribution in [0.2, 0.25) is 0 Å². The van der Waals surface area contributed by atoms with E-state index >= 15 is 0 Å². The first-order valence-corrected chi connectivity index (χ1v) is 8.61. The molecule has 1 aromatic carbocycles. The summed E-state index contributed by atoms with van der Waals surface area (Å²) in [7, 11) is 0. The van der Waals surface area contributed by atoms with E-state index in [9.17, 15) is 14.7 Å². The maximum atomic E-state index is 12.4. The highest BCUT2D eigenvalue weighted by Gasteiger charge is 2.59. The Morgan fingerprint density at radius 2 is 1.96 bits per heavy atom. The number of carboxylic acids is 1. The summed E-state index contributed by atoms with van der Waals surface area (Å²) in [5, 5.41) is 9.77. The Morgan fingerprint density at radius 3 is 2.57 bits per heavy atom. The van der Waals surface area contributed by atoms with Crippen LogP contribution in [0.15, 0.2) is 18.2 Å². The normalized spacial score (nSPS) is 33.3. The van der Waals surface area contributed by atoms with Gasteiger partial charge in [0.2, 0.25) is 0 Å². The summed E-state index contributed by atoms with van der Waals surface area (Å²) < 4.78 is 0. The molecule has 0 radical (unpaired) electrons. The van der Waals surface area contributed by atoms with Crippen LogP contribution in [0.1, 0.15) is 69.6 Å². The average Bonchev–Trinajstić information content (AvgIpc) is 2.50. The van der Waals surface area contributed by atoms with Crippen molar-refractivity contribution in [1.29, 1.82) is 0 Å². The van der Waals surface area contributed by atoms with Crippen LogP contribution in [0.3, 0.4) is 0 Å². The van der Waals surface area contributed by atoms with Crippen LogP contribution >= 0.6 is 0 Å². The van der Waals surface area contributed by atoms with Gasteiger partial charge in [0.05, 0.1) is 0 Å². The fourth-order valence-electron chi connectivity index (χ4n) is 4.87. The summed E-state index contributed by atoms with van der Waals surface area (Å²) >= 11 is 0. The van der Waals surface area contributed by atoms with E-state index in [2.05, 4.69) is 39.0 Å². The Morgan fingerprint density at radius 1 is 1.26 bits per heavy atom. The van der Waals surface area contributed by atoms with E-state index in [-0.39, 0.29) is 17.1 Å². The minimum atomic E-state index is -1.25. The molecule has 0 aliphatic heterocycles. The number of aryl methyl sites for hydroxylation is 1. The Bertz CT molecular complexity index is 675. The summed E-state index contributed by atoms with van der Waals surface area (Å²) in [4.78, 5) is 24.3. The number of Topliss-reactive ketones (excluding diaryl/α,β-unsaturated/α-hetero) is 1. The molecule has 0 aromatic heterocycles. The zero-order valence-electron chi connectivity index (χ0n) is 14.5. The minimum Gasteiger partial charge on any atom is -0.480 e. The highest BCUT2D eigenvalue weighted by atomic mass is 16.4. The zero-order valence-corrected chi connectivity index (χ0v) is 14.5. The van der Waals surface area contributed by atoms with Crippen molar-refractivity contribution in [2.45, 2.75) is 64.7 Å².